The lowest BCUT2D eigenvalue weighted by atomic mass is 10.1. The first-order valence-corrected chi connectivity index (χ1v) is 7.47. The van der Waals surface area contributed by atoms with Crippen molar-refractivity contribution in [1.82, 2.24) is 4.90 Å². The Morgan fingerprint density at radius 1 is 1.25 bits per heavy atom. The molecular weight excluding hydrogens is 266 g/mol. The average Bonchev–Trinajstić information content (AvgIpc) is 2.83. The highest BCUT2D eigenvalue weighted by atomic mass is 32.1. The van der Waals surface area contributed by atoms with E-state index in [0.29, 0.717) is 0 Å². The smallest absolute Gasteiger partial charge is 0.104 e. The summed E-state index contributed by atoms with van der Waals surface area (Å²) in [6.07, 6.45) is 0. The largest absolute Gasteiger partial charge is 0.384 e. The quantitative estimate of drug-likeness (QED) is 0.873. The molecule has 2 rings (SSSR count). The van der Waals surface area contributed by atoms with E-state index in [1.165, 1.54) is 16.0 Å². The number of aryl methyl sites for hydroxylation is 1. The molecule has 1 aromatic carbocycles. The van der Waals surface area contributed by atoms with Crippen LogP contribution in [0.25, 0.3) is 0 Å². The lowest BCUT2D eigenvalue weighted by Gasteiger charge is -2.16. The Kier molecular flexibility index (Phi) is 5.37. The van der Waals surface area contributed by atoms with Crippen molar-refractivity contribution in [2.45, 2.75) is 20.0 Å². The molecule has 0 saturated carbocycles. The Balaban J connectivity index is 2.01. The Hall–Kier alpha value is -1.60. The third kappa shape index (κ3) is 4.21. The van der Waals surface area contributed by atoms with Gasteiger partial charge < -0.3 is 5.11 Å². The summed E-state index contributed by atoms with van der Waals surface area (Å²) in [7, 11) is 2.12. The summed E-state index contributed by atoms with van der Waals surface area (Å²) < 4.78 is 0. The van der Waals surface area contributed by atoms with Crippen LogP contribution in [0.15, 0.2) is 35.7 Å². The highest BCUT2D eigenvalue weighted by molar-refractivity contribution is 7.10. The number of nitrogens with zero attached hydrogens (tertiary/aromatic N) is 1. The van der Waals surface area contributed by atoms with Gasteiger partial charge in [0.2, 0.25) is 0 Å². The van der Waals surface area contributed by atoms with Gasteiger partial charge in [-0.1, -0.05) is 41.7 Å². The van der Waals surface area contributed by atoms with Gasteiger partial charge in [0.05, 0.1) is 0 Å². The molecule has 1 aromatic heterocycles. The second-order valence-electron chi connectivity index (χ2n) is 4.88. The predicted molar refractivity (Wildman–Crippen MR) is 84.6 cm³/mol. The minimum atomic E-state index is -0.0889. The molecule has 0 spiro atoms. The lowest BCUT2D eigenvalue weighted by Crippen LogP contribution is -2.17. The third-order valence-corrected chi connectivity index (χ3v) is 3.90. The molecule has 104 valence electrons. The van der Waals surface area contributed by atoms with Crippen LogP contribution < -0.4 is 0 Å². The van der Waals surface area contributed by atoms with Gasteiger partial charge in [-0.3, -0.25) is 4.90 Å². The van der Waals surface area contributed by atoms with Crippen LogP contribution in [-0.2, 0) is 13.1 Å². The van der Waals surface area contributed by atoms with Crippen LogP contribution >= 0.6 is 11.3 Å². The molecule has 0 aliphatic rings. The van der Waals surface area contributed by atoms with Crippen molar-refractivity contribution < 1.29 is 5.11 Å². The maximum Gasteiger partial charge on any atom is 0.104 e. The Morgan fingerprint density at radius 2 is 2.10 bits per heavy atom. The highest BCUT2D eigenvalue weighted by Crippen LogP contribution is 2.18. The fourth-order valence-corrected chi connectivity index (χ4v) is 3.04. The molecule has 0 radical (unpaired) electrons. The first kappa shape index (κ1) is 14.8. The second kappa shape index (κ2) is 7.25. The Morgan fingerprint density at radius 3 is 2.85 bits per heavy atom. The van der Waals surface area contributed by atoms with E-state index in [0.717, 1.165) is 18.7 Å². The van der Waals surface area contributed by atoms with Crippen molar-refractivity contribution in [1.29, 1.82) is 0 Å². The molecule has 2 aromatic rings. The topological polar surface area (TPSA) is 23.5 Å². The molecule has 0 fully saturated rings. The number of hydrogen-bond acceptors (Lipinski definition) is 3. The van der Waals surface area contributed by atoms with Crippen LogP contribution in [0.2, 0.25) is 0 Å². The van der Waals surface area contributed by atoms with Gasteiger partial charge in [-0.2, -0.15) is 0 Å². The van der Waals surface area contributed by atoms with Crippen LogP contribution in [0.5, 0.6) is 0 Å². The summed E-state index contributed by atoms with van der Waals surface area (Å²) in [6.45, 7) is 3.83. The second-order valence-corrected chi connectivity index (χ2v) is 5.88. The molecular formula is C17H19NOS. The van der Waals surface area contributed by atoms with Gasteiger partial charge in [-0.15, -0.1) is 11.3 Å². The van der Waals surface area contributed by atoms with Crippen LogP contribution in [-0.4, -0.2) is 23.7 Å². The van der Waals surface area contributed by atoms with Gasteiger partial charge in [-0.25, -0.2) is 0 Å². The third-order valence-electron chi connectivity index (χ3n) is 3.00. The van der Waals surface area contributed by atoms with Gasteiger partial charge >= 0.3 is 0 Å². The van der Waals surface area contributed by atoms with E-state index in [2.05, 4.69) is 60.4 Å². The van der Waals surface area contributed by atoms with E-state index in [1.54, 1.807) is 11.3 Å². The number of benzene rings is 1. The van der Waals surface area contributed by atoms with E-state index in [9.17, 15) is 0 Å². The van der Waals surface area contributed by atoms with Gasteiger partial charge in [-0.05, 0) is 31.0 Å². The number of rotatable bonds is 4. The molecule has 0 bridgehead atoms. The lowest BCUT2D eigenvalue weighted by molar-refractivity contribution is 0.321. The maximum absolute atomic E-state index is 8.78. The maximum atomic E-state index is 8.78. The summed E-state index contributed by atoms with van der Waals surface area (Å²) in [5, 5.41) is 10.8. The van der Waals surface area contributed by atoms with Crippen molar-refractivity contribution in [3.63, 3.8) is 0 Å². The first-order chi connectivity index (χ1) is 9.69. The van der Waals surface area contributed by atoms with E-state index >= 15 is 0 Å². The Bertz CT molecular complexity index is 621. The van der Waals surface area contributed by atoms with Crippen molar-refractivity contribution in [2.24, 2.45) is 0 Å². The molecule has 0 unspecified atom stereocenters. The van der Waals surface area contributed by atoms with E-state index in [-0.39, 0.29) is 6.61 Å². The zero-order valence-electron chi connectivity index (χ0n) is 11.9. The molecule has 1 heterocycles. The summed E-state index contributed by atoms with van der Waals surface area (Å²) in [6, 6.07) is 10.6. The van der Waals surface area contributed by atoms with Gasteiger partial charge in [0.1, 0.15) is 6.61 Å². The fraction of sp³-hybridized carbons (Fsp3) is 0.294. The molecule has 0 amide bonds. The Labute approximate surface area is 124 Å². The number of thiophene rings is 1. The molecule has 0 aliphatic heterocycles. The van der Waals surface area contributed by atoms with Crippen LogP contribution in [0.4, 0.5) is 0 Å². The number of aliphatic hydroxyl groups excluding tert-OH is 1. The molecule has 3 heteroatoms. The van der Waals surface area contributed by atoms with E-state index in [4.69, 9.17) is 5.11 Å². The highest BCUT2D eigenvalue weighted by Gasteiger charge is 2.06. The van der Waals surface area contributed by atoms with E-state index < -0.39 is 0 Å². The number of aliphatic hydroxyl groups is 1. The van der Waals surface area contributed by atoms with Crippen molar-refractivity contribution in [3.05, 3.63) is 57.3 Å². The zero-order valence-corrected chi connectivity index (χ0v) is 12.7. The number of hydrogen-bond donors (Lipinski definition) is 1. The minimum absolute atomic E-state index is 0.0889. The van der Waals surface area contributed by atoms with Crippen LogP contribution in [0, 0.1) is 18.8 Å². The molecule has 0 aliphatic carbocycles. The van der Waals surface area contributed by atoms with Crippen molar-refractivity contribution >= 4 is 11.3 Å². The van der Waals surface area contributed by atoms with Gasteiger partial charge in [0, 0.05) is 23.5 Å². The molecule has 0 atom stereocenters. The van der Waals surface area contributed by atoms with E-state index in [1.807, 2.05) is 6.07 Å². The van der Waals surface area contributed by atoms with Gasteiger partial charge in [0.25, 0.3) is 0 Å². The fourth-order valence-electron chi connectivity index (χ4n) is 2.13. The predicted octanol–water partition coefficient (Wildman–Crippen LogP) is 3.03. The molecule has 2 nitrogen and oxygen atoms in total. The van der Waals surface area contributed by atoms with Gasteiger partial charge in [0.15, 0.2) is 0 Å². The minimum Gasteiger partial charge on any atom is -0.384 e. The first-order valence-electron chi connectivity index (χ1n) is 6.59. The van der Waals surface area contributed by atoms with Crippen LogP contribution in [0.1, 0.15) is 21.6 Å². The van der Waals surface area contributed by atoms with Crippen molar-refractivity contribution in [3.8, 4) is 11.8 Å². The average molecular weight is 285 g/mol. The summed E-state index contributed by atoms with van der Waals surface area (Å²) in [4.78, 5) is 3.53. The summed E-state index contributed by atoms with van der Waals surface area (Å²) in [5.41, 5.74) is 3.65. The van der Waals surface area contributed by atoms with Crippen LogP contribution in [0.3, 0.4) is 0 Å². The normalized spacial score (nSPS) is 10.4. The standard InChI is InChI=1S/C17H19NOS/c1-14-5-3-6-15(11-14)12-18(2)13-17-16(7-4-9-19)8-10-20-17/h3,5-6,8,10-11,19H,9,12-13H2,1-2H3. The summed E-state index contributed by atoms with van der Waals surface area (Å²) >= 11 is 1.72. The molecule has 20 heavy (non-hydrogen) atoms. The molecule has 1 N–H and O–H groups in total. The summed E-state index contributed by atoms with van der Waals surface area (Å²) in [5.74, 6) is 5.72. The SMILES string of the molecule is Cc1cccc(CN(C)Cc2sccc2C#CCO)c1. The monoisotopic (exact) mass is 285 g/mol. The zero-order chi connectivity index (χ0) is 14.4. The molecule has 0 saturated heterocycles. The van der Waals surface area contributed by atoms with Crippen molar-refractivity contribution in [2.75, 3.05) is 13.7 Å².